The minimum Gasteiger partial charge on any atom is -0.445 e. The molecule has 4 rings (SSSR count). The van der Waals surface area contributed by atoms with Gasteiger partial charge in [-0.3, -0.25) is 4.79 Å². The summed E-state index contributed by atoms with van der Waals surface area (Å²) in [5.74, 6) is -0.643. The van der Waals surface area contributed by atoms with E-state index in [9.17, 15) is 9.59 Å². The molecule has 0 aromatic heterocycles. The molecule has 0 aliphatic carbocycles. The Morgan fingerprint density at radius 1 is 1.06 bits per heavy atom. The van der Waals surface area contributed by atoms with Crippen molar-refractivity contribution in [2.75, 3.05) is 31.1 Å². The second kappa shape index (κ2) is 10.1. The number of anilines is 1. The van der Waals surface area contributed by atoms with E-state index in [0.29, 0.717) is 45.5 Å². The highest BCUT2D eigenvalue weighted by molar-refractivity contribution is 5.93. The van der Waals surface area contributed by atoms with Crippen LogP contribution in [0.25, 0.3) is 0 Å². The zero-order chi connectivity index (χ0) is 22.4. The van der Waals surface area contributed by atoms with E-state index in [0.717, 1.165) is 11.3 Å². The third-order valence-corrected chi connectivity index (χ3v) is 5.96. The van der Waals surface area contributed by atoms with Crippen LogP contribution in [0.15, 0.2) is 60.7 Å². The summed E-state index contributed by atoms with van der Waals surface area (Å²) in [6, 6.07) is 19.3. The normalized spacial score (nSPS) is 19.7. The average molecular weight is 439 g/mol. The first-order valence-electron chi connectivity index (χ1n) is 11.2. The largest absolute Gasteiger partial charge is 0.445 e. The van der Waals surface area contributed by atoms with Crippen LogP contribution in [0, 0.1) is 0 Å². The van der Waals surface area contributed by atoms with Gasteiger partial charge in [-0.15, -0.1) is 0 Å². The molecule has 2 heterocycles. The minimum atomic E-state index is -0.696. The highest BCUT2D eigenvalue weighted by atomic mass is 16.7. The monoisotopic (exact) mass is 438 g/mol. The van der Waals surface area contributed by atoms with Crippen molar-refractivity contribution in [3.63, 3.8) is 0 Å². The van der Waals surface area contributed by atoms with E-state index >= 15 is 0 Å². The number of hydrogen-bond acceptors (Lipinski definition) is 5. The molecular formula is C25H30N2O5. The van der Waals surface area contributed by atoms with Crippen molar-refractivity contribution in [2.45, 2.75) is 44.7 Å². The van der Waals surface area contributed by atoms with Crippen molar-refractivity contribution < 1.29 is 23.8 Å². The molecule has 2 fully saturated rings. The standard InChI is InChI=1S/C25H30N2O5/c1-2-23(28)27(21-11-7-4-8-12-21)17-22-19-31-25(32-22)13-15-26(16-14-25)24(29)30-18-20-9-5-3-6-10-20/h3-12,22H,2,13-19H2,1H3. The number of nitrogens with zero attached hydrogens (tertiary/aromatic N) is 2. The number of ether oxygens (including phenoxy) is 3. The first kappa shape index (κ1) is 22.3. The molecular weight excluding hydrogens is 408 g/mol. The second-order valence-corrected chi connectivity index (χ2v) is 8.18. The maximum absolute atomic E-state index is 12.5. The van der Waals surface area contributed by atoms with Crippen LogP contribution in [0.3, 0.4) is 0 Å². The van der Waals surface area contributed by atoms with Crippen molar-refractivity contribution in [3.8, 4) is 0 Å². The summed E-state index contributed by atoms with van der Waals surface area (Å²) in [5, 5.41) is 0. The Bertz CT molecular complexity index is 897. The highest BCUT2D eigenvalue weighted by Gasteiger charge is 2.45. The van der Waals surface area contributed by atoms with E-state index < -0.39 is 5.79 Å². The van der Waals surface area contributed by atoms with Gasteiger partial charge in [0, 0.05) is 38.0 Å². The van der Waals surface area contributed by atoms with Crippen molar-refractivity contribution in [1.82, 2.24) is 4.90 Å². The smallest absolute Gasteiger partial charge is 0.410 e. The summed E-state index contributed by atoms with van der Waals surface area (Å²) in [4.78, 5) is 28.4. The molecule has 2 aromatic rings. The Balaban J connectivity index is 1.28. The van der Waals surface area contributed by atoms with Crippen LogP contribution in [0.4, 0.5) is 10.5 Å². The van der Waals surface area contributed by atoms with Gasteiger partial charge in [-0.1, -0.05) is 55.5 Å². The van der Waals surface area contributed by atoms with Gasteiger partial charge in [-0.05, 0) is 17.7 Å². The van der Waals surface area contributed by atoms with Crippen molar-refractivity contribution in [1.29, 1.82) is 0 Å². The van der Waals surface area contributed by atoms with E-state index in [1.165, 1.54) is 0 Å². The molecule has 0 saturated carbocycles. The Kier molecular flexibility index (Phi) is 7.07. The lowest BCUT2D eigenvalue weighted by Gasteiger charge is -2.37. The molecule has 7 heteroatoms. The predicted octanol–water partition coefficient (Wildman–Crippen LogP) is 3.97. The van der Waals surface area contributed by atoms with Crippen LogP contribution in [0.1, 0.15) is 31.7 Å². The molecule has 0 N–H and O–H groups in total. The zero-order valence-corrected chi connectivity index (χ0v) is 18.4. The van der Waals surface area contributed by atoms with Crippen molar-refractivity contribution in [2.24, 2.45) is 0 Å². The molecule has 170 valence electrons. The summed E-state index contributed by atoms with van der Waals surface area (Å²) in [7, 11) is 0. The molecule has 32 heavy (non-hydrogen) atoms. The molecule has 2 aliphatic heterocycles. The summed E-state index contributed by atoms with van der Waals surface area (Å²) < 4.78 is 17.8. The van der Waals surface area contributed by atoms with Crippen LogP contribution in [-0.2, 0) is 25.6 Å². The van der Waals surface area contributed by atoms with Gasteiger partial charge in [0.2, 0.25) is 5.91 Å². The van der Waals surface area contributed by atoms with Crippen LogP contribution >= 0.6 is 0 Å². The summed E-state index contributed by atoms with van der Waals surface area (Å²) >= 11 is 0. The van der Waals surface area contributed by atoms with Gasteiger partial charge in [-0.25, -0.2) is 4.79 Å². The Morgan fingerprint density at radius 3 is 2.38 bits per heavy atom. The van der Waals surface area contributed by atoms with Crippen LogP contribution < -0.4 is 4.90 Å². The maximum atomic E-state index is 12.5. The van der Waals surface area contributed by atoms with Gasteiger partial charge in [0.15, 0.2) is 5.79 Å². The first-order chi connectivity index (χ1) is 15.6. The van der Waals surface area contributed by atoms with Crippen LogP contribution in [0.5, 0.6) is 0 Å². The summed E-state index contributed by atoms with van der Waals surface area (Å²) in [6.45, 7) is 4.02. The lowest BCUT2D eigenvalue weighted by Crippen LogP contribution is -2.48. The molecule has 1 atom stereocenters. The fraction of sp³-hybridized carbons (Fsp3) is 0.440. The van der Waals surface area contributed by atoms with Gasteiger partial charge >= 0.3 is 6.09 Å². The van der Waals surface area contributed by atoms with Gasteiger partial charge < -0.3 is 24.0 Å². The Labute approximate surface area is 188 Å². The molecule has 2 amide bonds. The Hall–Kier alpha value is -2.90. The third-order valence-electron chi connectivity index (χ3n) is 5.96. The fourth-order valence-electron chi connectivity index (χ4n) is 4.16. The molecule has 2 saturated heterocycles. The summed E-state index contributed by atoms with van der Waals surface area (Å²) in [5.41, 5.74) is 1.82. The zero-order valence-electron chi connectivity index (χ0n) is 18.4. The van der Waals surface area contributed by atoms with Gasteiger partial charge in [0.05, 0.1) is 13.2 Å². The SMILES string of the molecule is CCC(=O)N(CC1COC2(CCN(C(=O)OCc3ccccc3)CC2)O1)c1ccccc1. The predicted molar refractivity (Wildman–Crippen MR) is 120 cm³/mol. The lowest BCUT2D eigenvalue weighted by atomic mass is 10.0. The van der Waals surface area contributed by atoms with E-state index in [4.69, 9.17) is 14.2 Å². The number of amides is 2. The van der Waals surface area contributed by atoms with E-state index in [-0.39, 0.29) is 24.7 Å². The number of hydrogen-bond donors (Lipinski definition) is 0. The topological polar surface area (TPSA) is 68.3 Å². The number of likely N-dealkylation sites (tertiary alicyclic amines) is 1. The van der Waals surface area contributed by atoms with E-state index in [1.807, 2.05) is 67.6 Å². The maximum Gasteiger partial charge on any atom is 0.410 e. The quantitative estimate of drug-likeness (QED) is 0.683. The van der Waals surface area contributed by atoms with E-state index in [1.54, 1.807) is 9.80 Å². The molecule has 2 aromatic carbocycles. The fourth-order valence-corrected chi connectivity index (χ4v) is 4.16. The lowest BCUT2D eigenvalue weighted by molar-refractivity contribution is -0.191. The molecule has 1 unspecified atom stereocenters. The number of rotatable bonds is 6. The molecule has 7 nitrogen and oxygen atoms in total. The van der Waals surface area contributed by atoms with Gasteiger partial charge in [0.1, 0.15) is 12.7 Å². The van der Waals surface area contributed by atoms with Crippen molar-refractivity contribution >= 4 is 17.7 Å². The second-order valence-electron chi connectivity index (χ2n) is 8.18. The number of para-hydroxylation sites is 1. The Morgan fingerprint density at radius 2 is 1.72 bits per heavy atom. The highest BCUT2D eigenvalue weighted by Crippen LogP contribution is 2.35. The number of benzene rings is 2. The number of carbonyl (C=O) groups excluding carboxylic acids is 2. The first-order valence-corrected chi connectivity index (χ1v) is 11.2. The number of carbonyl (C=O) groups is 2. The minimum absolute atomic E-state index is 0.0525. The van der Waals surface area contributed by atoms with Gasteiger partial charge in [0.25, 0.3) is 0 Å². The number of piperidine rings is 1. The average Bonchev–Trinajstić information content (AvgIpc) is 3.24. The molecule has 1 spiro atoms. The van der Waals surface area contributed by atoms with Crippen LogP contribution in [0.2, 0.25) is 0 Å². The van der Waals surface area contributed by atoms with Gasteiger partial charge in [-0.2, -0.15) is 0 Å². The summed E-state index contributed by atoms with van der Waals surface area (Å²) in [6.07, 6.45) is 1.06. The van der Waals surface area contributed by atoms with Crippen LogP contribution in [-0.4, -0.2) is 55.0 Å². The molecule has 2 aliphatic rings. The van der Waals surface area contributed by atoms with Crippen molar-refractivity contribution in [3.05, 3.63) is 66.2 Å². The van der Waals surface area contributed by atoms with E-state index in [2.05, 4.69) is 0 Å². The third kappa shape index (κ3) is 5.29. The molecule has 0 bridgehead atoms. The molecule has 0 radical (unpaired) electrons.